The lowest BCUT2D eigenvalue weighted by molar-refractivity contribution is -0.142. The van der Waals surface area contributed by atoms with E-state index in [1.165, 1.54) is 27.7 Å². The smallest absolute Gasteiger partial charge is 0.246 e. The van der Waals surface area contributed by atoms with Gasteiger partial charge in [0.05, 0.1) is 17.2 Å². The topological polar surface area (TPSA) is 251 Å². The highest BCUT2D eigenvalue weighted by molar-refractivity contribution is 7.99. The zero-order valence-electron chi connectivity index (χ0n) is 27.9. The number of aromatic nitrogens is 1. The van der Waals surface area contributed by atoms with Crippen molar-refractivity contribution in [1.82, 2.24) is 41.8 Å². The fourth-order valence-corrected chi connectivity index (χ4v) is 7.27. The molecule has 0 unspecified atom stereocenters. The van der Waals surface area contributed by atoms with Gasteiger partial charge < -0.3 is 52.0 Å². The summed E-state index contributed by atoms with van der Waals surface area (Å²) in [5.41, 5.74) is 1.29. The van der Waals surface area contributed by atoms with Crippen LogP contribution >= 0.6 is 11.8 Å². The van der Waals surface area contributed by atoms with Crippen LogP contribution in [0.4, 0.5) is 0 Å². The Bertz CT molecular complexity index is 1700. The molecule has 17 nitrogen and oxygen atoms in total. The summed E-state index contributed by atoms with van der Waals surface area (Å²) in [5.74, 6) is -5.49. The van der Waals surface area contributed by atoms with Gasteiger partial charge in [-0.1, -0.05) is 18.2 Å². The summed E-state index contributed by atoms with van der Waals surface area (Å²) in [6.45, 7) is 5.18. The highest BCUT2D eigenvalue weighted by atomic mass is 32.2. The molecule has 2 aromatic rings. The Morgan fingerprint density at radius 1 is 0.760 bits per heavy atom. The summed E-state index contributed by atoms with van der Waals surface area (Å²) >= 11 is 1.13. The van der Waals surface area contributed by atoms with Crippen molar-refractivity contribution in [3.63, 3.8) is 0 Å². The van der Waals surface area contributed by atoms with Crippen molar-refractivity contribution in [2.75, 3.05) is 12.3 Å². The third kappa shape index (κ3) is 7.87. The predicted molar refractivity (Wildman–Crippen MR) is 179 cm³/mol. The van der Waals surface area contributed by atoms with Gasteiger partial charge in [0.1, 0.15) is 42.3 Å². The van der Waals surface area contributed by atoms with E-state index < -0.39 is 95.9 Å². The summed E-state index contributed by atoms with van der Waals surface area (Å²) in [5, 5.41) is 37.7. The SMILES string of the molecule is C[C@@H]1NC(=O)[C@H](C)NC(=O)[C@@H]2Cc3c([nH]c4ccccc34)SC[C@H](NC(=O)[C@@H]([C@H](C)O)NC1=O)C(=O)N1C[C@@H](O)C[C@H]1C(=O)N[C@@H](C)C(=O)N2. The quantitative estimate of drug-likeness (QED) is 0.146. The molecule has 3 aliphatic heterocycles. The summed E-state index contributed by atoms with van der Waals surface area (Å²) in [7, 11) is 0. The first-order valence-electron chi connectivity index (χ1n) is 16.4. The molecule has 0 saturated carbocycles. The lowest BCUT2D eigenvalue weighted by Crippen LogP contribution is -2.61. The molecule has 1 aromatic carbocycles. The van der Waals surface area contributed by atoms with Crippen molar-refractivity contribution >= 4 is 64.0 Å². The number of H-pyrrole nitrogens is 1. The van der Waals surface area contributed by atoms with Crippen LogP contribution in [0.1, 0.15) is 39.7 Å². The molecule has 3 aliphatic rings. The third-order valence-electron chi connectivity index (χ3n) is 9.01. The van der Waals surface area contributed by atoms with Gasteiger partial charge in [0.15, 0.2) is 0 Å². The van der Waals surface area contributed by atoms with E-state index >= 15 is 0 Å². The second-order valence-corrected chi connectivity index (χ2v) is 14.0. The van der Waals surface area contributed by atoms with Gasteiger partial charge in [-0.2, -0.15) is 0 Å². The van der Waals surface area contributed by atoms with Gasteiger partial charge in [0, 0.05) is 36.0 Å². The van der Waals surface area contributed by atoms with E-state index in [0.717, 1.165) is 16.7 Å². The standard InChI is InChI=1S/C32H42N8O9S/c1-13-25(43)33-15(3)27(45)39-24(16(4)41)30(48)37-22-12-50-31-19(18-7-5-6-8-20(18)38-31)10-21(28(46)34-13)36-26(44)14(2)35-29(47)23-9-17(42)11-40(23)32(22)49/h5-8,13-17,21-24,38,41-42H,9-12H2,1-4H3,(H,33,43)(H,34,46)(H,35,47)(H,36,44)(H,37,48)(H,39,45)/t13-,14-,15-,16-,17-,21-,22-,23-,24+/m0/s1. The Morgan fingerprint density at radius 3 is 2.02 bits per heavy atom. The first-order chi connectivity index (χ1) is 23.6. The zero-order valence-corrected chi connectivity index (χ0v) is 28.8. The molecule has 1 saturated heterocycles. The van der Waals surface area contributed by atoms with Crippen molar-refractivity contribution in [2.24, 2.45) is 0 Å². The average Bonchev–Trinajstić information content (AvgIpc) is 3.63. The number of hydrogen-bond acceptors (Lipinski definition) is 10. The van der Waals surface area contributed by atoms with Crippen molar-refractivity contribution in [3.8, 4) is 0 Å². The highest BCUT2D eigenvalue weighted by Gasteiger charge is 2.43. The van der Waals surface area contributed by atoms with Gasteiger partial charge in [-0.05, 0) is 39.3 Å². The molecular formula is C32H42N8O9S. The normalized spacial score (nSPS) is 31.3. The highest BCUT2D eigenvalue weighted by Crippen LogP contribution is 2.32. The minimum atomic E-state index is -1.56. The molecule has 0 spiro atoms. The number of nitrogens with one attached hydrogen (secondary N) is 7. The Morgan fingerprint density at radius 2 is 1.34 bits per heavy atom. The molecule has 1 aromatic heterocycles. The summed E-state index contributed by atoms with van der Waals surface area (Å²) in [4.78, 5) is 99.3. The van der Waals surface area contributed by atoms with E-state index in [1.807, 2.05) is 12.1 Å². The number of nitrogens with zero attached hydrogens (tertiary/aromatic N) is 1. The number of carbonyl (C=O) groups is 7. The van der Waals surface area contributed by atoms with Crippen LogP contribution in [-0.4, -0.2) is 128 Å². The van der Waals surface area contributed by atoms with E-state index in [-0.39, 0.29) is 25.1 Å². The number of thioether (sulfide) groups is 1. The van der Waals surface area contributed by atoms with E-state index in [0.29, 0.717) is 21.5 Å². The zero-order chi connectivity index (χ0) is 36.4. The fraction of sp³-hybridized carbons (Fsp3) is 0.531. The first-order valence-corrected chi connectivity index (χ1v) is 17.3. The van der Waals surface area contributed by atoms with Crippen LogP contribution in [0.25, 0.3) is 10.9 Å². The number of benzene rings is 1. The van der Waals surface area contributed by atoms with Crippen LogP contribution in [0, 0.1) is 0 Å². The van der Waals surface area contributed by atoms with E-state index in [1.54, 1.807) is 12.1 Å². The lowest BCUT2D eigenvalue weighted by Gasteiger charge is -2.30. The molecule has 0 radical (unpaired) electrons. The van der Waals surface area contributed by atoms with Crippen LogP contribution in [0.2, 0.25) is 0 Å². The molecule has 18 heteroatoms. The summed E-state index contributed by atoms with van der Waals surface area (Å²) in [6, 6.07) is -1.72. The molecule has 270 valence electrons. The van der Waals surface area contributed by atoms with Crippen molar-refractivity contribution < 1.29 is 43.8 Å². The van der Waals surface area contributed by atoms with Gasteiger partial charge in [0.2, 0.25) is 41.4 Å². The molecule has 7 amide bonds. The number of carbonyl (C=O) groups excluding carboxylic acids is 7. The Labute approximate surface area is 291 Å². The van der Waals surface area contributed by atoms with Gasteiger partial charge in [-0.25, -0.2) is 0 Å². The van der Waals surface area contributed by atoms with Gasteiger partial charge in [-0.3, -0.25) is 33.6 Å². The number of amides is 7. The minimum Gasteiger partial charge on any atom is -0.391 e. The van der Waals surface area contributed by atoms with Crippen LogP contribution in [0.3, 0.4) is 0 Å². The van der Waals surface area contributed by atoms with Gasteiger partial charge >= 0.3 is 0 Å². The third-order valence-corrected chi connectivity index (χ3v) is 10.1. The van der Waals surface area contributed by atoms with Crippen molar-refractivity contribution in [1.29, 1.82) is 0 Å². The molecule has 50 heavy (non-hydrogen) atoms. The molecule has 1 fully saturated rings. The molecule has 5 rings (SSSR count). The number of para-hydroxylation sites is 1. The number of fused-ring (bicyclic) bond motifs is 5. The number of hydrogen-bond donors (Lipinski definition) is 9. The number of aliphatic hydroxyl groups is 2. The summed E-state index contributed by atoms with van der Waals surface area (Å²) < 4.78 is 0. The predicted octanol–water partition coefficient (Wildman–Crippen LogP) is -2.86. The summed E-state index contributed by atoms with van der Waals surface area (Å²) in [6.07, 6.45) is -2.73. The Hall–Kier alpha value is -4.68. The Balaban J connectivity index is 1.66. The van der Waals surface area contributed by atoms with E-state index in [2.05, 4.69) is 36.9 Å². The van der Waals surface area contributed by atoms with Crippen molar-refractivity contribution in [3.05, 3.63) is 29.8 Å². The molecule has 9 atom stereocenters. The Kier molecular flexibility index (Phi) is 11.0. The van der Waals surface area contributed by atoms with Crippen LogP contribution in [0.15, 0.2) is 29.3 Å². The van der Waals surface area contributed by atoms with Crippen LogP contribution in [-0.2, 0) is 40.0 Å². The van der Waals surface area contributed by atoms with E-state index in [4.69, 9.17) is 0 Å². The first kappa shape index (κ1) is 36.6. The van der Waals surface area contributed by atoms with Gasteiger partial charge in [0.25, 0.3) is 0 Å². The maximum atomic E-state index is 14.2. The second-order valence-electron chi connectivity index (χ2n) is 12.9. The van der Waals surface area contributed by atoms with Crippen LogP contribution in [0.5, 0.6) is 0 Å². The number of rotatable bonds is 1. The second kappa shape index (κ2) is 15.1. The largest absolute Gasteiger partial charge is 0.391 e. The van der Waals surface area contributed by atoms with Crippen LogP contribution < -0.4 is 31.9 Å². The maximum Gasteiger partial charge on any atom is 0.246 e. The molecular weight excluding hydrogens is 672 g/mol. The van der Waals surface area contributed by atoms with Crippen molar-refractivity contribution in [2.45, 2.75) is 100 Å². The lowest BCUT2D eigenvalue weighted by atomic mass is 10.0. The monoisotopic (exact) mass is 714 g/mol. The maximum absolute atomic E-state index is 14.2. The fourth-order valence-electron chi connectivity index (χ4n) is 6.16. The average molecular weight is 715 g/mol. The number of aromatic amines is 1. The van der Waals surface area contributed by atoms with Gasteiger partial charge in [-0.15, -0.1) is 11.8 Å². The molecule has 4 heterocycles. The molecule has 9 N–H and O–H groups in total. The molecule has 0 aliphatic carbocycles. The number of aliphatic hydroxyl groups excluding tert-OH is 2. The van der Waals surface area contributed by atoms with E-state index in [9.17, 15) is 43.8 Å². The minimum absolute atomic E-state index is 0.0756. The molecule has 2 bridgehead atoms.